The topological polar surface area (TPSA) is 51.1 Å². The number of anilines is 1. The SMILES string of the molecule is COc1ccc(/C=C2\N=C(SC[C@@H]3CCCO3)N(c3cc(C)cc(C)c3)C2=O)cc1. The number of hydrogen-bond donors (Lipinski definition) is 0. The summed E-state index contributed by atoms with van der Waals surface area (Å²) in [6.07, 6.45) is 4.21. The minimum atomic E-state index is -0.106. The van der Waals surface area contributed by atoms with Crippen LogP contribution in [0.25, 0.3) is 6.08 Å². The van der Waals surface area contributed by atoms with Crippen molar-refractivity contribution >= 4 is 34.6 Å². The first-order valence-electron chi connectivity index (χ1n) is 10.1. The number of ether oxygens (including phenoxy) is 2. The Morgan fingerprint density at radius 1 is 1.20 bits per heavy atom. The van der Waals surface area contributed by atoms with E-state index in [2.05, 4.69) is 6.07 Å². The largest absolute Gasteiger partial charge is 0.497 e. The van der Waals surface area contributed by atoms with Gasteiger partial charge in [-0.1, -0.05) is 30.0 Å². The Kier molecular flexibility index (Phi) is 6.25. The molecule has 0 saturated carbocycles. The molecule has 0 N–H and O–H groups in total. The zero-order valence-corrected chi connectivity index (χ0v) is 18.4. The average Bonchev–Trinajstić information content (AvgIpc) is 3.34. The van der Waals surface area contributed by atoms with Crippen molar-refractivity contribution in [2.75, 3.05) is 24.4 Å². The van der Waals surface area contributed by atoms with Crippen LogP contribution >= 0.6 is 11.8 Å². The van der Waals surface area contributed by atoms with Crippen LogP contribution in [0.1, 0.15) is 29.5 Å². The molecule has 1 amide bonds. The number of benzene rings is 2. The van der Waals surface area contributed by atoms with E-state index < -0.39 is 0 Å². The highest BCUT2D eigenvalue weighted by molar-refractivity contribution is 8.14. The van der Waals surface area contributed by atoms with E-state index in [-0.39, 0.29) is 12.0 Å². The Balaban J connectivity index is 1.65. The molecule has 6 heteroatoms. The quantitative estimate of drug-likeness (QED) is 0.639. The van der Waals surface area contributed by atoms with Crippen molar-refractivity contribution in [1.29, 1.82) is 0 Å². The van der Waals surface area contributed by atoms with Crippen LogP contribution in [0.5, 0.6) is 5.75 Å². The molecule has 2 aliphatic heterocycles. The molecule has 0 aromatic heterocycles. The second kappa shape index (κ2) is 9.06. The molecule has 2 aromatic carbocycles. The molecule has 0 aliphatic carbocycles. The van der Waals surface area contributed by atoms with Gasteiger partial charge in [-0.05, 0) is 73.7 Å². The van der Waals surface area contributed by atoms with E-state index in [0.29, 0.717) is 10.9 Å². The molecule has 1 fully saturated rings. The molecule has 5 nitrogen and oxygen atoms in total. The minimum absolute atomic E-state index is 0.106. The third-order valence-corrected chi connectivity index (χ3v) is 6.21. The number of amides is 1. The van der Waals surface area contributed by atoms with Gasteiger partial charge in [0.15, 0.2) is 5.17 Å². The van der Waals surface area contributed by atoms with Crippen LogP contribution in [0.15, 0.2) is 53.2 Å². The van der Waals surface area contributed by atoms with Crippen molar-refractivity contribution in [3.05, 3.63) is 64.9 Å². The van der Waals surface area contributed by atoms with Gasteiger partial charge in [0.05, 0.1) is 18.9 Å². The van der Waals surface area contributed by atoms with Gasteiger partial charge in [0.1, 0.15) is 11.4 Å². The van der Waals surface area contributed by atoms with Gasteiger partial charge in [0, 0.05) is 12.4 Å². The van der Waals surface area contributed by atoms with E-state index in [9.17, 15) is 4.79 Å². The molecule has 2 aromatic rings. The first-order chi connectivity index (χ1) is 14.5. The van der Waals surface area contributed by atoms with Gasteiger partial charge < -0.3 is 9.47 Å². The number of amidine groups is 1. The fourth-order valence-corrected chi connectivity index (χ4v) is 4.78. The molecule has 0 radical (unpaired) electrons. The summed E-state index contributed by atoms with van der Waals surface area (Å²) in [5, 5.41) is 0.709. The number of thioether (sulfide) groups is 1. The van der Waals surface area contributed by atoms with Crippen LogP contribution in [0.3, 0.4) is 0 Å². The molecular formula is C24H26N2O3S. The predicted molar refractivity (Wildman–Crippen MR) is 123 cm³/mol. The molecule has 4 rings (SSSR count). The Bertz CT molecular complexity index is 972. The van der Waals surface area contributed by atoms with E-state index in [1.54, 1.807) is 23.8 Å². The second-order valence-corrected chi connectivity index (χ2v) is 8.62. The summed E-state index contributed by atoms with van der Waals surface area (Å²) < 4.78 is 11.0. The summed E-state index contributed by atoms with van der Waals surface area (Å²) in [6, 6.07) is 13.8. The molecular weight excluding hydrogens is 396 g/mol. The van der Waals surface area contributed by atoms with E-state index in [1.807, 2.05) is 56.3 Å². The Labute approximate surface area is 181 Å². The van der Waals surface area contributed by atoms with Gasteiger partial charge in [0.2, 0.25) is 0 Å². The van der Waals surface area contributed by atoms with Crippen molar-refractivity contribution in [2.24, 2.45) is 4.99 Å². The van der Waals surface area contributed by atoms with E-state index in [4.69, 9.17) is 14.5 Å². The van der Waals surface area contributed by atoms with Crippen molar-refractivity contribution < 1.29 is 14.3 Å². The molecule has 0 bridgehead atoms. The number of rotatable bonds is 5. The zero-order valence-electron chi connectivity index (χ0n) is 17.6. The van der Waals surface area contributed by atoms with Gasteiger partial charge in [-0.25, -0.2) is 4.99 Å². The highest BCUT2D eigenvalue weighted by Gasteiger charge is 2.33. The lowest BCUT2D eigenvalue weighted by Crippen LogP contribution is -2.31. The fourth-order valence-electron chi connectivity index (χ4n) is 3.70. The number of aryl methyl sites for hydroxylation is 2. The van der Waals surface area contributed by atoms with Crippen LogP contribution in [-0.4, -0.2) is 36.6 Å². The van der Waals surface area contributed by atoms with Gasteiger partial charge in [-0.15, -0.1) is 0 Å². The summed E-state index contributed by atoms with van der Waals surface area (Å²) in [4.78, 5) is 19.8. The lowest BCUT2D eigenvalue weighted by Gasteiger charge is -2.20. The third-order valence-electron chi connectivity index (χ3n) is 5.14. The summed E-state index contributed by atoms with van der Waals surface area (Å²) in [5.41, 5.74) is 4.44. The maximum Gasteiger partial charge on any atom is 0.283 e. The fraction of sp³-hybridized carbons (Fsp3) is 0.333. The van der Waals surface area contributed by atoms with Gasteiger partial charge >= 0.3 is 0 Å². The van der Waals surface area contributed by atoms with Gasteiger partial charge in [0.25, 0.3) is 5.91 Å². The lowest BCUT2D eigenvalue weighted by molar-refractivity contribution is -0.113. The molecule has 30 heavy (non-hydrogen) atoms. The zero-order chi connectivity index (χ0) is 21.1. The monoisotopic (exact) mass is 422 g/mol. The smallest absolute Gasteiger partial charge is 0.283 e. The van der Waals surface area contributed by atoms with Crippen molar-refractivity contribution in [3.8, 4) is 5.75 Å². The molecule has 1 saturated heterocycles. The number of carbonyl (C=O) groups is 1. The van der Waals surface area contributed by atoms with Crippen LogP contribution in [0, 0.1) is 13.8 Å². The molecule has 0 spiro atoms. The first-order valence-corrected chi connectivity index (χ1v) is 11.1. The maximum atomic E-state index is 13.3. The summed E-state index contributed by atoms with van der Waals surface area (Å²) >= 11 is 1.59. The van der Waals surface area contributed by atoms with Gasteiger partial charge in [-0.3, -0.25) is 9.69 Å². The Hall–Kier alpha value is -2.57. The van der Waals surface area contributed by atoms with Crippen LogP contribution in [-0.2, 0) is 9.53 Å². The first kappa shape index (κ1) is 20.7. The molecule has 156 valence electrons. The predicted octanol–water partition coefficient (Wildman–Crippen LogP) is 4.97. The molecule has 0 unspecified atom stereocenters. The van der Waals surface area contributed by atoms with Crippen LogP contribution < -0.4 is 9.64 Å². The van der Waals surface area contributed by atoms with E-state index >= 15 is 0 Å². The standard InChI is InChI=1S/C24H26N2O3S/c1-16-11-17(2)13-19(12-16)26-23(27)22(14-18-6-8-20(28-3)9-7-18)25-24(26)30-15-21-5-4-10-29-21/h6-9,11-14,21H,4-5,10,15H2,1-3H3/b22-14-/t21-/m0/s1. The van der Waals surface area contributed by atoms with Crippen molar-refractivity contribution in [2.45, 2.75) is 32.8 Å². The van der Waals surface area contributed by atoms with E-state index in [0.717, 1.165) is 53.3 Å². The van der Waals surface area contributed by atoms with Crippen molar-refractivity contribution in [1.82, 2.24) is 0 Å². The highest BCUT2D eigenvalue weighted by atomic mass is 32.2. The third kappa shape index (κ3) is 4.60. The second-order valence-electron chi connectivity index (χ2n) is 7.63. The number of methoxy groups -OCH3 is 1. The number of nitrogens with zero attached hydrogens (tertiary/aromatic N) is 2. The summed E-state index contributed by atoms with van der Waals surface area (Å²) in [5.74, 6) is 1.47. The highest BCUT2D eigenvalue weighted by Crippen LogP contribution is 2.32. The number of carbonyl (C=O) groups excluding carboxylic acids is 1. The van der Waals surface area contributed by atoms with Crippen LogP contribution in [0.2, 0.25) is 0 Å². The normalized spacial score (nSPS) is 20.2. The van der Waals surface area contributed by atoms with Crippen LogP contribution in [0.4, 0.5) is 5.69 Å². The molecule has 2 aliphatic rings. The Morgan fingerprint density at radius 3 is 2.57 bits per heavy atom. The maximum absolute atomic E-state index is 13.3. The average molecular weight is 423 g/mol. The number of hydrogen-bond acceptors (Lipinski definition) is 5. The Morgan fingerprint density at radius 2 is 1.93 bits per heavy atom. The molecule has 1 atom stereocenters. The minimum Gasteiger partial charge on any atom is -0.497 e. The van der Waals surface area contributed by atoms with E-state index in [1.165, 1.54) is 0 Å². The number of aliphatic imine (C=N–C) groups is 1. The molecule has 2 heterocycles. The van der Waals surface area contributed by atoms with Gasteiger partial charge in [-0.2, -0.15) is 0 Å². The van der Waals surface area contributed by atoms with Crippen molar-refractivity contribution in [3.63, 3.8) is 0 Å². The lowest BCUT2D eigenvalue weighted by atomic mass is 10.1. The summed E-state index contributed by atoms with van der Waals surface area (Å²) in [7, 11) is 1.64. The summed E-state index contributed by atoms with van der Waals surface area (Å²) in [6.45, 7) is 4.91.